The van der Waals surface area contributed by atoms with Gasteiger partial charge in [-0.15, -0.1) is 35.7 Å². The first-order valence-electron chi connectivity index (χ1n) is 15.5. The molecule has 0 aliphatic carbocycles. The fourth-order valence-corrected chi connectivity index (χ4v) is 7.74. The molecule has 0 atom stereocenters. The van der Waals surface area contributed by atoms with Gasteiger partial charge in [0.05, 0.1) is 16.0 Å². The average molecular weight is 858 g/mol. The molecule has 0 saturated heterocycles. The quantitative estimate of drug-likeness (QED) is 0.150. The van der Waals surface area contributed by atoms with Gasteiger partial charge in [-0.3, -0.25) is 4.68 Å². The fourth-order valence-electron chi connectivity index (χ4n) is 6.29. The summed E-state index contributed by atoms with van der Waals surface area (Å²) in [6.07, 6.45) is 5.09. The van der Waals surface area contributed by atoms with Crippen LogP contribution >= 0.6 is 0 Å². The number of pyridine rings is 1. The number of ether oxygens (including phenoxy) is 1. The number of halogens is 1. The number of fused-ring (bicyclic) bond motifs is 3. The van der Waals surface area contributed by atoms with Gasteiger partial charge in [0.1, 0.15) is 11.6 Å². The molecule has 0 radical (unpaired) electrons. The van der Waals surface area contributed by atoms with E-state index in [2.05, 4.69) is 22.2 Å². The molecule has 3 aromatic heterocycles. The van der Waals surface area contributed by atoms with E-state index < -0.39 is 9.84 Å². The van der Waals surface area contributed by atoms with Crippen molar-refractivity contribution in [3.63, 3.8) is 0 Å². The Morgan fingerprint density at radius 2 is 1.50 bits per heavy atom. The number of benzene rings is 5. The standard InChI is InChI=1S/C40H27FN4O3S.Pt/c1-26-19-34(49(46,47)33-11-4-3-5-12-33)20-27(2)40(26)28-24-43-44(25-28)30-9-8-10-31(22-30)48-32-15-16-36-35-13-6-7-14-37(35)45(38(36)23-32)39-21-29(41)17-18-42-39;/h3-21,24-25H,1-2H3;/q-2;+2. The predicted octanol–water partition coefficient (Wildman–Crippen LogP) is 9.01. The molecule has 0 bridgehead atoms. The summed E-state index contributed by atoms with van der Waals surface area (Å²) in [7, 11) is -3.65. The van der Waals surface area contributed by atoms with E-state index in [1.54, 1.807) is 59.4 Å². The average Bonchev–Trinajstić information content (AvgIpc) is 3.72. The first kappa shape index (κ1) is 33.1. The number of nitrogens with zero attached hydrogens (tertiary/aromatic N) is 4. The zero-order valence-corrected chi connectivity index (χ0v) is 29.8. The summed E-state index contributed by atoms with van der Waals surface area (Å²) in [5, 5.41) is 6.52. The van der Waals surface area contributed by atoms with Gasteiger partial charge in [0, 0.05) is 41.0 Å². The molecular weight excluding hydrogens is 831 g/mol. The van der Waals surface area contributed by atoms with Crippen molar-refractivity contribution in [2.75, 3.05) is 0 Å². The van der Waals surface area contributed by atoms with Crippen molar-refractivity contribution >= 4 is 31.6 Å². The molecule has 50 heavy (non-hydrogen) atoms. The Morgan fingerprint density at radius 1 is 0.760 bits per heavy atom. The van der Waals surface area contributed by atoms with Gasteiger partial charge in [0.2, 0.25) is 9.84 Å². The number of hydrogen-bond donors (Lipinski definition) is 0. The summed E-state index contributed by atoms with van der Waals surface area (Å²) in [4.78, 5) is 4.94. The Balaban J connectivity index is 0.00000392. The minimum atomic E-state index is -3.65. The maximum atomic E-state index is 14.2. The van der Waals surface area contributed by atoms with Crippen LogP contribution in [0.5, 0.6) is 11.5 Å². The van der Waals surface area contributed by atoms with Gasteiger partial charge >= 0.3 is 21.1 Å². The maximum Gasteiger partial charge on any atom is 2.00 e. The van der Waals surface area contributed by atoms with Crippen LogP contribution in [0.4, 0.5) is 4.39 Å². The van der Waals surface area contributed by atoms with Crippen molar-refractivity contribution in [2.24, 2.45) is 0 Å². The van der Waals surface area contributed by atoms with Crippen LogP contribution in [0, 0.1) is 31.8 Å². The van der Waals surface area contributed by atoms with Crippen molar-refractivity contribution < 1.29 is 38.6 Å². The van der Waals surface area contributed by atoms with Gasteiger partial charge in [0.15, 0.2) is 0 Å². The van der Waals surface area contributed by atoms with Crippen LogP contribution in [-0.2, 0) is 30.9 Å². The van der Waals surface area contributed by atoms with E-state index in [9.17, 15) is 12.8 Å². The number of sulfone groups is 1. The molecule has 0 amide bonds. The van der Waals surface area contributed by atoms with Gasteiger partial charge in [-0.1, -0.05) is 41.9 Å². The van der Waals surface area contributed by atoms with E-state index in [0.717, 1.165) is 38.5 Å². The third-order valence-electron chi connectivity index (χ3n) is 8.45. The largest absolute Gasteiger partial charge is 2.00 e. The molecule has 3 heterocycles. The summed E-state index contributed by atoms with van der Waals surface area (Å²) in [6, 6.07) is 38.4. The van der Waals surface area contributed by atoms with E-state index >= 15 is 0 Å². The summed E-state index contributed by atoms with van der Waals surface area (Å²) in [6.45, 7) is 3.81. The number of aryl methyl sites for hydroxylation is 2. The van der Waals surface area contributed by atoms with Crippen LogP contribution in [0.1, 0.15) is 11.1 Å². The molecule has 0 N–H and O–H groups in total. The van der Waals surface area contributed by atoms with Crippen molar-refractivity contribution in [1.82, 2.24) is 19.3 Å². The summed E-state index contributed by atoms with van der Waals surface area (Å²) in [5.74, 6) is 0.981. The topological polar surface area (TPSA) is 79.0 Å². The molecule has 0 aliphatic rings. The molecule has 8 rings (SSSR count). The SMILES string of the molecule is Cc1cc(S(=O)(=O)c2ccccc2)cc(C)c1-c1cnn(-c2[c-]c(Oc3[c-]c4c(cc3)c3ccccc3n4-c3cc(F)ccn3)ccc2)c1.[Pt+2]. The van der Waals surface area contributed by atoms with Gasteiger partial charge in [-0.05, 0) is 78.0 Å². The first-order chi connectivity index (χ1) is 23.8. The third kappa shape index (κ3) is 5.93. The first-order valence-corrected chi connectivity index (χ1v) is 17.0. The second-order valence-electron chi connectivity index (χ2n) is 11.7. The molecule has 0 saturated carbocycles. The second kappa shape index (κ2) is 13.2. The molecule has 0 unspecified atom stereocenters. The Morgan fingerprint density at radius 3 is 2.28 bits per heavy atom. The number of rotatable bonds is 7. The minimum absolute atomic E-state index is 0. The monoisotopic (exact) mass is 857 g/mol. The molecule has 0 spiro atoms. The van der Waals surface area contributed by atoms with Gasteiger partial charge < -0.3 is 9.30 Å². The molecule has 7 nitrogen and oxygen atoms in total. The van der Waals surface area contributed by atoms with Crippen LogP contribution in [0.25, 0.3) is 44.4 Å². The molecule has 10 heteroatoms. The number of aromatic nitrogens is 4. The van der Waals surface area contributed by atoms with Crippen molar-refractivity contribution in [3.8, 4) is 34.1 Å². The van der Waals surface area contributed by atoms with Crippen LogP contribution in [0.2, 0.25) is 0 Å². The molecule has 0 aliphatic heterocycles. The van der Waals surface area contributed by atoms with Gasteiger partial charge in [-0.2, -0.15) is 17.2 Å². The zero-order valence-electron chi connectivity index (χ0n) is 26.7. The van der Waals surface area contributed by atoms with E-state index in [1.807, 2.05) is 73.1 Å². The molecule has 248 valence electrons. The normalized spacial score (nSPS) is 11.5. The van der Waals surface area contributed by atoms with E-state index in [1.165, 1.54) is 18.3 Å². The molecule has 8 aromatic rings. The van der Waals surface area contributed by atoms with Crippen molar-refractivity contribution in [2.45, 2.75) is 23.6 Å². The smallest absolute Gasteiger partial charge is 0.509 e. The van der Waals surface area contributed by atoms with E-state index in [-0.39, 0.29) is 36.7 Å². The van der Waals surface area contributed by atoms with Crippen LogP contribution in [0.3, 0.4) is 0 Å². The van der Waals surface area contributed by atoms with E-state index in [4.69, 9.17) is 4.74 Å². The van der Waals surface area contributed by atoms with E-state index in [0.29, 0.717) is 28.5 Å². The zero-order chi connectivity index (χ0) is 33.7. The molecule has 5 aromatic carbocycles. The van der Waals surface area contributed by atoms with Crippen LogP contribution in [-0.4, -0.2) is 27.7 Å². The van der Waals surface area contributed by atoms with Crippen LogP contribution < -0.4 is 4.74 Å². The molecular formula is C40H27FN4O3PtS. The minimum Gasteiger partial charge on any atom is -0.509 e. The number of hydrogen-bond acceptors (Lipinski definition) is 5. The van der Waals surface area contributed by atoms with Gasteiger partial charge in [0.25, 0.3) is 0 Å². The van der Waals surface area contributed by atoms with Crippen molar-refractivity contribution in [1.29, 1.82) is 0 Å². The number of para-hydroxylation sites is 1. The predicted molar refractivity (Wildman–Crippen MR) is 187 cm³/mol. The second-order valence-corrected chi connectivity index (χ2v) is 13.6. The Bertz CT molecular complexity index is 2630. The fraction of sp³-hybridized carbons (Fsp3) is 0.0500. The Hall–Kier alpha value is -5.37. The summed E-state index contributed by atoms with van der Waals surface area (Å²) >= 11 is 0. The molecule has 0 fully saturated rings. The maximum absolute atomic E-state index is 14.2. The summed E-state index contributed by atoms with van der Waals surface area (Å²) < 4.78 is 50.6. The Labute approximate surface area is 302 Å². The summed E-state index contributed by atoms with van der Waals surface area (Å²) in [5.41, 5.74) is 5.65. The van der Waals surface area contributed by atoms with Crippen molar-refractivity contribution in [3.05, 3.63) is 157 Å². The van der Waals surface area contributed by atoms with Gasteiger partial charge in [-0.25, -0.2) is 17.8 Å². The third-order valence-corrected chi connectivity index (χ3v) is 10.2. The Kier molecular flexibility index (Phi) is 8.72. The van der Waals surface area contributed by atoms with Crippen LogP contribution in [0.15, 0.2) is 138 Å².